The molecule has 0 bridgehead atoms. The maximum atomic E-state index is 11.3. The number of hydrogen-bond acceptors (Lipinski definition) is 5. The number of likely N-dealkylation sites (N-methyl/N-ethyl adjacent to an activating group) is 2. The Kier molecular flexibility index (Phi) is 9.18. The molecule has 0 aliphatic heterocycles. The van der Waals surface area contributed by atoms with Crippen LogP contribution in [0.25, 0.3) is 0 Å². The van der Waals surface area contributed by atoms with Gasteiger partial charge in [-0.2, -0.15) is 0 Å². The minimum Gasteiger partial charge on any atom is -0.468 e. The number of nitrogens with one attached hydrogen (secondary N) is 1. The smallest absolute Gasteiger partial charge is 0.322 e. The maximum Gasteiger partial charge on any atom is 0.322 e. The third-order valence-corrected chi connectivity index (χ3v) is 2.46. The molecule has 0 aliphatic rings. The van der Waals surface area contributed by atoms with Gasteiger partial charge in [0.15, 0.2) is 0 Å². The van der Waals surface area contributed by atoms with Crippen LogP contribution in [-0.4, -0.2) is 64.4 Å². The SMILES string of the molecule is CCOCCN(C)CCC(NC)C(=O)OC. The number of esters is 1. The Morgan fingerprint density at radius 1 is 1.44 bits per heavy atom. The lowest BCUT2D eigenvalue weighted by Crippen LogP contribution is -2.38. The molecule has 0 saturated heterocycles. The highest BCUT2D eigenvalue weighted by atomic mass is 16.5. The summed E-state index contributed by atoms with van der Waals surface area (Å²) in [5, 5.41) is 2.94. The highest BCUT2D eigenvalue weighted by Crippen LogP contribution is 1.97. The van der Waals surface area contributed by atoms with Crippen molar-refractivity contribution in [2.75, 3.05) is 47.5 Å². The first-order valence-corrected chi connectivity index (χ1v) is 5.67. The van der Waals surface area contributed by atoms with E-state index in [9.17, 15) is 4.79 Å². The number of carbonyl (C=O) groups is 1. The van der Waals surface area contributed by atoms with E-state index in [0.29, 0.717) is 0 Å². The summed E-state index contributed by atoms with van der Waals surface area (Å²) in [6.45, 7) is 5.18. The summed E-state index contributed by atoms with van der Waals surface area (Å²) in [5.74, 6) is -0.208. The molecule has 0 amide bonds. The molecule has 0 heterocycles. The monoisotopic (exact) mass is 232 g/mol. The molecule has 1 N–H and O–H groups in total. The first-order chi connectivity index (χ1) is 7.65. The van der Waals surface area contributed by atoms with Crippen molar-refractivity contribution in [1.29, 1.82) is 0 Å². The Bertz CT molecular complexity index is 188. The Morgan fingerprint density at radius 2 is 2.12 bits per heavy atom. The average molecular weight is 232 g/mol. The molecule has 0 aromatic heterocycles. The summed E-state index contributed by atoms with van der Waals surface area (Å²) >= 11 is 0. The fourth-order valence-electron chi connectivity index (χ4n) is 1.35. The topological polar surface area (TPSA) is 50.8 Å². The van der Waals surface area contributed by atoms with Gasteiger partial charge in [0.05, 0.1) is 13.7 Å². The van der Waals surface area contributed by atoms with Crippen LogP contribution in [-0.2, 0) is 14.3 Å². The molecule has 1 unspecified atom stereocenters. The van der Waals surface area contributed by atoms with E-state index in [1.54, 1.807) is 7.05 Å². The van der Waals surface area contributed by atoms with E-state index in [0.717, 1.165) is 32.7 Å². The first kappa shape index (κ1) is 15.3. The van der Waals surface area contributed by atoms with Crippen LogP contribution >= 0.6 is 0 Å². The molecule has 0 spiro atoms. The molecular weight excluding hydrogens is 208 g/mol. The zero-order valence-corrected chi connectivity index (χ0v) is 10.8. The van der Waals surface area contributed by atoms with Gasteiger partial charge in [0.25, 0.3) is 0 Å². The predicted molar refractivity (Wildman–Crippen MR) is 63.5 cm³/mol. The van der Waals surface area contributed by atoms with Crippen molar-refractivity contribution in [3.05, 3.63) is 0 Å². The molecule has 5 heteroatoms. The van der Waals surface area contributed by atoms with Gasteiger partial charge in [0.1, 0.15) is 6.04 Å². The van der Waals surface area contributed by atoms with Gasteiger partial charge in [0.2, 0.25) is 0 Å². The molecule has 0 radical (unpaired) electrons. The van der Waals surface area contributed by atoms with E-state index >= 15 is 0 Å². The summed E-state index contributed by atoms with van der Waals surface area (Å²) in [4.78, 5) is 13.4. The highest BCUT2D eigenvalue weighted by molar-refractivity contribution is 5.75. The van der Waals surface area contributed by atoms with Crippen molar-refractivity contribution in [1.82, 2.24) is 10.2 Å². The molecule has 1 atom stereocenters. The second kappa shape index (κ2) is 9.57. The van der Waals surface area contributed by atoms with E-state index < -0.39 is 0 Å². The van der Waals surface area contributed by atoms with E-state index in [2.05, 4.69) is 15.0 Å². The number of ether oxygens (including phenoxy) is 2. The summed E-state index contributed by atoms with van der Waals surface area (Å²) < 4.78 is 9.95. The fourth-order valence-corrected chi connectivity index (χ4v) is 1.35. The standard InChI is InChI=1S/C11H24N2O3/c1-5-16-9-8-13(3)7-6-10(12-2)11(14)15-4/h10,12H,5-9H2,1-4H3. The molecule has 0 rings (SSSR count). The van der Waals surface area contributed by atoms with Crippen LogP contribution in [0.4, 0.5) is 0 Å². The summed E-state index contributed by atoms with van der Waals surface area (Å²) in [6.07, 6.45) is 0.742. The zero-order valence-electron chi connectivity index (χ0n) is 10.8. The van der Waals surface area contributed by atoms with E-state index in [-0.39, 0.29) is 12.0 Å². The maximum absolute atomic E-state index is 11.3. The summed E-state index contributed by atoms with van der Waals surface area (Å²) in [6, 6.07) is -0.223. The summed E-state index contributed by atoms with van der Waals surface area (Å²) in [7, 11) is 5.19. The van der Waals surface area contributed by atoms with Crippen molar-refractivity contribution in [2.24, 2.45) is 0 Å². The van der Waals surface area contributed by atoms with Gasteiger partial charge in [-0.15, -0.1) is 0 Å². The molecule has 16 heavy (non-hydrogen) atoms. The second-order valence-electron chi connectivity index (χ2n) is 3.65. The van der Waals surface area contributed by atoms with Crippen LogP contribution in [0.15, 0.2) is 0 Å². The second-order valence-corrected chi connectivity index (χ2v) is 3.65. The van der Waals surface area contributed by atoms with Gasteiger partial charge < -0.3 is 19.7 Å². The van der Waals surface area contributed by atoms with E-state index in [1.807, 2.05) is 14.0 Å². The minimum absolute atomic E-state index is 0.208. The number of hydrogen-bond donors (Lipinski definition) is 1. The van der Waals surface area contributed by atoms with E-state index in [4.69, 9.17) is 4.74 Å². The van der Waals surface area contributed by atoms with Gasteiger partial charge in [-0.05, 0) is 34.0 Å². The molecular formula is C11H24N2O3. The Labute approximate surface area is 98.1 Å². The molecule has 5 nitrogen and oxygen atoms in total. The number of methoxy groups -OCH3 is 1. The van der Waals surface area contributed by atoms with Gasteiger partial charge in [0, 0.05) is 13.2 Å². The lowest BCUT2D eigenvalue weighted by atomic mass is 10.2. The van der Waals surface area contributed by atoms with Crippen LogP contribution in [0, 0.1) is 0 Å². The van der Waals surface area contributed by atoms with Crippen molar-refractivity contribution < 1.29 is 14.3 Å². The lowest BCUT2D eigenvalue weighted by molar-refractivity contribution is -0.143. The molecule has 0 aromatic carbocycles. The molecule has 96 valence electrons. The third kappa shape index (κ3) is 6.76. The van der Waals surface area contributed by atoms with Crippen LogP contribution < -0.4 is 5.32 Å². The lowest BCUT2D eigenvalue weighted by Gasteiger charge is -2.19. The Balaban J connectivity index is 3.70. The normalized spacial score (nSPS) is 12.8. The van der Waals surface area contributed by atoms with Crippen molar-refractivity contribution in [3.8, 4) is 0 Å². The van der Waals surface area contributed by atoms with Crippen molar-refractivity contribution in [2.45, 2.75) is 19.4 Å². The number of carbonyl (C=O) groups excluding carboxylic acids is 1. The van der Waals surface area contributed by atoms with Gasteiger partial charge in [-0.1, -0.05) is 0 Å². The predicted octanol–water partition coefficient (Wildman–Crippen LogP) is 0.106. The van der Waals surface area contributed by atoms with Gasteiger partial charge >= 0.3 is 5.97 Å². The number of rotatable bonds is 9. The average Bonchev–Trinajstić information content (AvgIpc) is 2.29. The van der Waals surface area contributed by atoms with Crippen LogP contribution in [0.3, 0.4) is 0 Å². The zero-order chi connectivity index (χ0) is 12.4. The van der Waals surface area contributed by atoms with E-state index in [1.165, 1.54) is 7.11 Å². The van der Waals surface area contributed by atoms with Crippen molar-refractivity contribution >= 4 is 5.97 Å². The largest absolute Gasteiger partial charge is 0.468 e. The van der Waals surface area contributed by atoms with Crippen LogP contribution in [0.5, 0.6) is 0 Å². The third-order valence-electron chi connectivity index (χ3n) is 2.46. The Hall–Kier alpha value is -0.650. The Morgan fingerprint density at radius 3 is 2.62 bits per heavy atom. The highest BCUT2D eigenvalue weighted by Gasteiger charge is 2.16. The van der Waals surface area contributed by atoms with Crippen LogP contribution in [0.1, 0.15) is 13.3 Å². The fraction of sp³-hybridized carbons (Fsp3) is 0.909. The van der Waals surface area contributed by atoms with Crippen LogP contribution in [0.2, 0.25) is 0 Å². The molecule has 0 saturated carbocycles. The van der Waals surface area contributed by atoms with Crippen molar-refractivity contribution in [3.63, 3.8) is 0 Å². The minimum atomic E-state index is -0.223. The van der Waals surface area contributed by atoms with Gasteiger partial charge in [-0.25, -0.2) is 0 Å². The molecule has 0 aromatic rings. The van der Waals surface area contributed by atoms with Gasteiger partial charge in [-0.3, -0.25) is 4.79 Å². The molecule has 0 fully saturated rings. The first-order valence-electron chi connectivity index (χ1n) is 5.67. The summed E-state index contributed by atoms with van der Waals surface area (Å²) in [5.41, 5.74) is 0. The number of nitrogens with zero attached hydrogens (tertiary/aromatic N) is 1. The molecule has 0 aliphatic carbocycles. The quantitative estimate of drug-likeness (QED) is 0.451.